The fourth-order valence-corrected chi connectivity index (χ4v) is 4.96. The van der Waals surface area contributed by atoms with Crippen LogP contribution in [0.2, 0.25) is 0 Å². The van der Waals surface area contributed by atoms with E-state index >= 15 is 0 Å². The molecule has 1 aliphatic heterocycles. The number of hydrogen-bond donors (Lipinski definition) is 1. The molecular formula is C13H19BrN2O2S. The Morgan fingerprint density at radius 3 is 2.53 bits per heavy atom. The first-order valence-corrected chi connectivity index (χ1v) is 8.65. The second kappa shape index (κ2) is 5.91. The quantitative estimate of drug-likeness (QED) is 0.911. The molecule has 19 heavy (non-hydrogen) atoms. The van der Waals surface area contributed by atoms with Crippen molar-refractivity contribution >= 4 is 26.0 Å². The van der Waals surface area contributed by atoms with Gasteiger partial charge in [-0.05, 0) is 65.9 Å². The highest BCUT2D eigenvalue weighted by Gasteiger charge is 2.30. The Balaban J connectivity index is 2.23. The second-order valence-corrected chi connectivity index (χ2v) is 7.78. The van der Waals surface area contributed by atoms with Crippen LogP contribution in [0.4, 0.5) is 0 Å². The largest absolute Gasteiger partial charge is 0.330 e. The zero-order chi connectivity index (χ0) is 14.0. The number of benzene rings is 1. The lowest BCUT2D eigenvalue weighted by Crippen LogP contribution is -2.40. The first kappa shape index (κ1) is 15.0. The van der Waals surface area contributed by atoms with Crippen LogP contribution in [0.1, 0.15) is 18.4 Å². The molecule has 0 spiro atoms. The molecule has 2 rings (SSSR count). The topological polar surface area (TPSA) is 63.4 Å². The van der Waals surface area contributed by atoms with Gasteiger partial charge in [-0.1, -0.05) is 6.07 Å². The van der Waals surface area contributed by atoms with E-state index in [4.69, 9.17) is 5.73 Å². The summed E-state index contributed by atoms with van der Waals surface area (Å²) in [5.41, 5.74) is 6.67. The molecule has 0 aliphatic carbocycles. The molecule has 1 aromatic rings. The van der Waals surface area contributed by atoms with Crippen LogP contribution in [0.5, 0.6) is 0 Å². The van der Waals surface area contributed by atoms with Gasteiger partial charge in [0, 0.05) is 17.6 Å². The molecule has 0 saturated carbocycles. The third-order valence-electron chi connectivity index (χ3n) is 3.61. The highest BCUT2D eigenvalue weighted by Crippen LogP contribution is 2.28. The van der Waals surface area contributed by atoms with Crippen LogP contribution in [0.15, 0.2) is 27.6 Å². The molecule has 0 atom stereocenters. The van der Waals surface area contributed by atoms with E-state index in [1.807, 2.05) is 19.1 Å². The fourth-order valence-electron chi connectivity index (χ4n) is 2.34. The van der Waals surface area contributed by atoms with E-state index < -0.39 is 10.0 Å². The van der Waals surface area contributed by atoms with Crippen molar-refractivity contribution in [3.63, 3.8) is 0 Å². The minimum absolute atomic E-state index is 0.351. The minimum atomic E-state index is -3.40. The lowest BCUT2D eigenvalue weighted by atomic mass is 9.99. The molecule has 0 aromatic heterocycles. The number of hydrogen-bond acceptors (Lipinski definition) is 3. The maximum Gasteiger partial charge on any atom is 0.244 e. The molecule has 6 heteroatoms. The number of nitrogens with zero attached hydrogens (tertiary/aromatic N) is 1. The van der Waals surface area contributed by atoms with E-state index in [2.05, 4.69) is 15.9 Å². The van der Waals surface area contributed by atoms with Gasteiger partial charge in [-0.2, -0.15) is 4.31 Å². The van der Waals surface area contributed by atoms with Crippen LogP contribution in [0, 0.1) is 12.8 Å². The number of nitrogens with two attached hydrogens (primary N) is 1. The van der Waals surface area contributed by atoms with Crippen molar-refractivity contribution in [2.45, 2.75) is 24.7 Å². The van der Waals surface area contributed by atoms with Gasteiger partial charge in [0.2, 0.25) is 10.0 Å². The molecule has 2 N–H and O–H groups in total. The molecule has 0 amide bonds. The monoisotopic (exact) mass is 346 g/mol. The summed E-state index contributed by atoms with van der Waals surface area (Å²) in [4.78, 5) is 0.351. The molecule has 1 aromatic carbocycles. The van der Waals surface area contributed by atoms with E-state index in [0.717, 1.165) is 18.4 Å². The Bertz CT molecular complexity index is 552. The van der Waals surface area contributed by atoms with Gasteiger partial charge in [0.25, 0.3) is 0 Å². The first-order valence-electron chi connectivity index (χ1n) is 6.41. The summed E-state index contributed by atoms with van der Waals surface area (Å²) in [5.74, 6) is 0.452. The van der Waals surface area contributed by atoms with Crippen molar-refractivity contribution in [2.24, 2.45) is 11.7 Å². The molecule has 1 heterocycles. The van der Waals surface area contributed by atoms with Crippen molar-refractivity contribution in [3.8, 4) is 0 Å². The number of piperidine rings is 1. The molecule has 0 radical (unpaired) electrons. The molecule has 4 nitrogen and oxygen atoms in total. The van der Waals surface area contributed by atoms with Gasteiger partial charge in [-0.15, -0.1) is 0 Å². The molecule has 106 valence electrons. The van der Waals surface area contributed by atoms with E-state index in [1.54, 1.807) is 10.4 Å². The highest BCUT2D eigenvalue weighted by atomic mass is 79.9. The second-order valence-electron chi connectivity index (χ2n) is 5.02. The van der Waals surface area contributed by atoms with Crippen LogP contribution in [0.3, 0.4) is 0 Å². The van der Waals surface area contributed by atoms with Crippen LogP contribution in [-0.2, 0) is 10.0 Å². The summed E-state index contributed by atoms with van der Waals surface area (Å²) in [5, 5.41) is 0. The zero-order valence-corrected chi connectivity index (χ0v) is 13.4. The molecule has 0 unspecified atom stereocenters. The SMILES string of the molecule is Cc1ccc(S(=O)(=O)N2CCC(CN)CC2)c(Br)c1. The number of halogens is 1. The average Bonchev–Trinajstić information content (AvgIpc) is 2.38. The number of aryl methyl sites for hydroxylation is 1. The van der Waals surface area contributed by atoms with E-state index in [0.29, 0.717) is 34.9 Å². The van der Waals surface area contributed by atoms with Gasteiger partial charge in [0.1, 0.15) is 0 Å². The maximum absolute atomic E-state index is 12.6. The van der Waals surface area contributed by atoms with Crippen LogP contribution >= 0.6 is 15.9 Å². The Hall–Kier alpha value is -0.430. The van der Waals surface area contributed by atoms with Gasteiger partial charge in [-0.25, -0.2) is 8.42 Å². The van der Waals surface area contributed by atoms with Crippen LogP contribution in [0.25, 0.3) is 0 Å². The maximum atomic E-state index is 12.6. The van der Waals surface area contributed by atoms with Crippen molar-refractivity contribution in [3.05, 3.63) is 28.2 Å². The molecule has 1 aliphatic rings. The van der Waals surface area contributed by atoms with Crippen molar-refractivity contribution < 1.29 is 8.42 Å². The summed E-state index contributed by atoms with van der Waals surface area (Å²) in [6.07, 6.45) is 1.69. The fraction of sp³-hybridized carbons (Fsp3) is 0.538. The van der Waals surface area contributed by atoms with Gasteiger partial charge in [0.15, 0.2) is 0 Å². The summed E-state index contributed by atoms with van der Waals surface area (Å²) in [6, 6.07) is 5.33. The van der Waals surface area contributed by atoms with Crippen molar-refractivity contribution in [1.29, 1.82) is 0 Å². The summed E-state index contributed by atoms with van der Waals surface area (Å²) in [7, 11) is -3.40. The summed E-state index contributed by atoms with van der Waals surface area (Å²) < 4.78 is 27.4. The van der Waals surface area contributed by atoms with Gasteiger partial charge < -0.3 is 5.73 Å². The van der Waals surface area contributed by atoms with Crippen LogP contribution in [-0.4, -0.2) is 32.4 Å². The Labute approximate surface area is 123 Å². The number of sulfonamides is 1. The third kappa shape index (κ3) is 3.18. The Kier molecular flexibility index (Phi) is 4.66. The highest BCUT2D eigenvalue weighted by molar-refractivity contribution is 9.10. The first-order chi connectivity index (χ1) is 8.95. The minimum Gasteiger partial charge on any atom is -0.330 e. The lowest BCUT2D eigenvalue weighted by Gasteiger charge is -2.30. The third-order valence-corrected chi connectivity index (χ3v) is 6.49. The summed E-state index contributed by atoms with van der Waals surface area (Å²) in [6.45, 7) is 3.70. The standard InChI is InChI=1S/C13H19BrN2O2S/c1-10-2-3-13(12(14)8-10)19(17,18)16-6-4-11(9-15)5-7-16/h2-3,8,11H,4-7,9,15H2,1H3. The molecule has 1 fully saturated rings. The predicted molar refractivity (Wildman–Crippen MR) is 79.4 cm³/mol. The predicted octanol–water partition coefficient (Wildman–Crippen LogP) is 2.12. The van der Waals surface area contributed by atoms with E-state index in [-0.39, 0.29) is 0 Å². The summed E-state index contributed by atoms with van der Waals surface area (Å²) >= 11 is 3.35. The Morgan fingerprint density at radius 2 is 2.00 bits per heavy atom. The average molecular weight is 347 g/mol. The van der Waals surface area contributed by atoms with Gasteiger partial charge in [-0.3, -0.25) is 0 Å². The lowest BCUT2D eigenvalue weighted by molar-refractivity contribution is 0.278. The molecular weight excluding hydrogens is 328 g/mol. The van der Waals surface area contributed by atoms with Crippen LogP contribution < -0.4 is 5.73 Å². The van der Waals surface area contributed by atoms with Crippen molar-refractivity contribution in [2.75, 3.05) is 19.6 Å². The Morgan fingerprint density at radius 1 is 1.37 bits per heavy atom. The number of rotatable bonds is 3. The van der Waals surface area contributed by atoms with Crippen molar-refractivity contribution in [1.82, 2.24) is 4.31 Å². The smallest absolute Gasteiger partial charge is 0.244 e. The normalized spacial score (nSPS) is 18.7. The van der Waals surface area contributed by atoms with E-state index in [1.165, 1.54) is 0 Å². The molecule has 0 bridgehead atoms. The van der Waals surface area contributed by atoms with Gasteiger partial charge in [0.05, 0.1) is 4.90 Å². The zero-order valence-electron chi connectivity index (χ0n) is 11.0. The van der Waals surface area contributed by atoms with E-state index in [9.17, 15) is 8.42 Å². The van der Waals surface area contributed by atoms with Gasteiger partial charge >= 0.3 is 0 Å². The molecule has 1 saturated heterocycles.